The Morgan fingerprint density at radius 1 is 1.04 bits per heavy atom. The predicted molar refractivity (Wildman–Crippen MR) is 101 cm³/mol. The van der Waals surface area contributed by atoms with Crippen molar-refractivity contribution in [2.24, 2.45) is 0 Å². The second-order valence-electron chi connectivity index (χ2n) is 7.09. The number of hydrogen-bond acceptors (Lipinski definition) is 4. The number of hydrogen-bond donors (Lipinski definition) is 0. The molecule has 1 aliphatic rings. The summed E-state index contributed by atoms with van der Waals surface area (Å²) in [5.74, 6) is 0.950. The number of nitrogens with zero attached hydrogens (tertiary/aromatic N) is 5. The third-order valence-corrected chi connectivity index (χ3v) is 5.48. The summed E-state index contributed by atoms with van der Waals surface area (Å²) in [4.78, 5) is 18.9. The molecule has 4 heterocycles. The first-order chi connectivity index (χ1) is 12.7. The van der Waals surface area contributed by atoms with Crippen LogP contribution < -0.4 is 0 Å². The van der Waals surface area contributed by atoms with E-state index in [0.717, 1.165) is 59.4 Å². The number of pyridine rings is 2. The molecule has 0 N–H and O–H groups in total. The lowest BCUT2D eigenvalue weighted by molar-refractivity contribution is 0.807. The summed E-state index contributed by atoms with van der Waals surface area (Å²) in [6.07, 6.45) is 9.01. The Bertz CT molecular complexity index is 1140. The molecule has 0 unspecified atom stereocenters. The van der Waals surface area contributed by atoms with Gasteiger partial charge < -0.3 is 4.40 Å². The number of fused-ring (bicyclic) bond motifs is 4. The van der Waals surface area contributed by atoms with Gasteiger partial charge in [-0.05, 0) is 63.3 Å². The minimum atomic E-state index is 0.828. The number of aromatic nitrogens is 5. The molecule has 0 bridgehead atoms. The van der Waals surface area contributed by atoms with Crippen LogP contribution in [0.25, 0.3) is 16.6 Å². The van der Waals surface area contributed by atoms with Gasteiger partial charge in [-0.15, -0.1) is 0 Å². The minimum Gasteiger partial charge on any atom is -0.303 e. The van der Waals surface area contributed by atoms with Crippen LogP contribution in [-0.2, 0) is 25.7 Å². The fourth-order valence-corrected chi connectivity index (χ4v) is 4.08. The molecule has 4 aromatic rings. The van der Waals surface area contributed by atoms with Crippen LogP contribution in [0, 0.1) is 13.8 Å². The van der Waals surface area contributed by atoms with Gasteiger partial charge in [0.1, 0.15) is 11.5 Å². The van der Waals surface area contributed by atoms with Crippen LogP contribution in [0.5, 0.6) is 0 Å². The largest absolute Gasteiger partial charge is 0.303 e. The van der Waals surface area contributed by atoms with E-state index < -0.39 is 0 Å². The summed E-state index contributed by atoms with van der Waals surface area (Å²) in [5, 5.41) is 1.09. The average Bonchev–Trinajstić information content (AvgIpc) is 3.25. The summed E-state index contributed by atoms with van der Waals surface area (Å²) in [7, 11) is 0. The highest BCUT2D eigenvalue weighted by Gasteiger charge is 2.17. The first-order valence-corrected chi connectivity index (χ1v) is 9.27. The highest BCUT2D eigenvalue weighted by molar-refractivity contribution is 5.91. The van der Waals surface area contributed by atoms with Crippen LogP contribution in [-0.4, -0.2) is 24.3 Å². The molecule has 0 saturated carbocycles. The second kappa shape index (κ2) is 5.87. The third-order valence-electron chi connectivity index (χ3n) is 5.48. The van der Waals surface area contributed by atoms with E-state index in [2.05, 4.69) is 35.5 Å². The van der Waals surface area contributed by atoms with Gasteiger partial charge in [-0.2, -0.15) is 0 Å². The topological polar surface area (TPSA) is 56.0 Å². The number of imidazole rings is 1. The van der Waals surface area contributed by atoms with Crippen molar-refractivity contribution in [2.45, 2.75) is 46.0 Å². The van der Waals surface area contributed by atoms with E-state index in [1.54, 1.807) is 0 Å². The summed E-state index contributed by atoms with van der Waals surface area (Å²) < 4.78 is 2.16. The number of aryl methyl sites for hydroxylation is 5. The maximum atomic E-state index is 4.92. The molecule has 4 aromatic heterocycles. The van der Waals surface area contributed by atoms with Gasteiger partial charge in [0, 0.05) is 41.3 Å². The zero-order chi connectivity index (χ0) is 17.7. The van der Waals surface area contributed by atoms with Gasteiger partial charge in [-0.25, -0.2) is 15.0 Å². The molecule has 5 heteroatoms. The molecule has 0 aromatic carbocycles. The van der Waals surface area contributed by atoms with E-state index in [4.69, 9.17) is 15.0 Å². The molecule has 0 aliphatic heterocycles. The third kappa shape index (κ3) is 2.38. The van der Waals surface area contributed by atoms with Gasteiger partial charge in [0.05, 0.1) is 11.2 Å². The maximum absolute atomic E-state index is 4.92. The van der Waals surface area contributed by atoms with Gasteiger partial charge in [-0.1, -0.05) is 0 Å². The Labute approximate surface area is 152 Å². The van der Waals surface area contributed by atoms with Crippen molar-refractivity contribution in [1.29, 1.82) is 0 Å². The first kappa shape index (κ1) is 15.4. The van der Waals surface area contributed by atoms with Crippen LogP contribution >= 0.6 is 0 Å². The van der Waals surface area contributed by atoms with Crippen LogP contribution in [0.15, 0.2) is 30.6 Å². The quantitative estimate of drug-likeness (QED) is 0.571. The second-order valence-corrected chi connectivity index (χ2v) is 7.09. The van der Waals surface area contributed by atoms with E-state index in [-0.39, 0.29) is 0 Å². The lowest BCUT2D eigenvalue weighted by atomic mass is 10.1. The van der Waals surface area contributed by atoms with E-state index >= 15 is 0 Å². The predicted octanol–water partition coefficient (Wildman–Crippen LogP) is 3.56. The molecule has 26 heavy (non-hydrogen) atoms. The molecule has 0 radical (unpaired) electrons. The van der Waals surface area contributed by atoms with Crippen LogP contribution in [0.2, 0.25) is 0 Å². The van der Waals surface area contributed by atoms with Crippen LogP contribution in [0.1, 0.15) is 40.6 Å². The smallest absolute Gasteiger partial charge is 0.146 e. The summed E-state index contributed by atoms with van der Waals surface area (Å²) in [6.45, 7) is 4.25. The fraction of sp³-hybridized carbons (Fsp3) is 0.333. The van der Waals surface area contributed by atoms with Crippen molar-refractivity contribution in [3.8, 4) is 0 Å². The lowest BCUT2D eigenvalue weighted by Crippen LogP contribution is -2.05. The summed E-state index contributed by atoms with van der Waals surface area (Å²) in [5.41, 5.74) is 8.05. The standard InChI is InChI=1S/C21H21N5/c1-13-15-5-3-7-19(15)24-20(23-13)9-8-17-14(2)26-12-10-18-16(21(26)25-17)6-4-11-22-18/h4,6,10-12H,3,5,7-9H2,1-2H3. The highest BCUT2D eigenvalue weighted by atomic mass is 15.0. The molecule has 0 amide bonds. The Hall–Kier alpha value is -2.82. The lowest BCUT2D eigenvalue weighted by Gasteiger charge is -2.06. The van der Waals surface area contributed by atoms with Crippen LogP contribution in [0.3, 0.4) is 0 Å². The first-order valence-electron chi connectivity index (χ1n) is 9.27. The van der Waals surface area contributed by atoms with Crippen molar-refractivity contribution >= 4 is 16.6 Å². The molecular formula is C21H21N5. The molecule has 1 aliphatic carbocycles. The van der Waals surface area contributed by atoms with Crippen LogP contribution in [0.4, 0.5) is 0 Å². The van der Waals surface area contributed by atoms with E-state index in [1.165, 1.54) is 23.4 Å². The molecule has 5 nitrogen and oxygen atoms in total. The van der Waals surface area contributed by atoms with E-state index in [9.17, 15) is 0 Å². The Kier molecular flexibility index (Phi) is 3.48. The number of rotatable bonds is 3. The molecule has 5 rings (SSSR count). The van der Waals surface area contributed by atoms with Gasteiger partial charge >= 0.3 is 0 Å². The van der Waals surface area contributed by atoms with E-state index in [0.29, 0.717) is 0 Å². The molecule has 0 saturated heterocycles. The summed E-state index contributed by atoms with van der Waals surface area (Å²) in [6, 6.07) is 6.10. The molecule has 0 spiro atoms. The minimum absolute atomic E-state index is 0.828. The van der Waals surface area contributed by atoms with Gasteiger partial charge in [-0.3, -0.25) is 4.98 Å². The summed E-state index contributed by atoms with van der Waals surface area (Å²) >= 11 is 0. The van der Waals surface area contributed by atoms with Crippen molar-refractivity contribution in [1.82, 2.24) is 24.3 Å². The highest BCUT2D eigenvalue weighted by Crippen LogP contribution is 2.24. The van der Waals surface area contributed by atoms with Crippen molar-refractivity contribution in [3.05, 3.63) is 64.8 Å². The average molecular weight is 343 g/mol. The Morgan fingerprint density at radius 2 is 1.96 bits per heavy atom. The maximum Gasteiger partial charge on any atom is 0.146 e. The van der Waals surface area contributed by atoms with Gasteiger partial charge in [0.15, 0.2) is 0 Å². The van der Waals surface area contributed by atoms with Crippen molar-refractivity contribution < 1.29 is 0 Å². The zero-order valence-electron chi connectivity index (χ0n) is 15.2. The Morgan fingerprint density at radius 3 is 2.88 bits per heavy atom. The monoisotopic (exact) mass is 343 g/mol. The van der Waals surface area contributed by atoms with Gasteiger partial charge in [0.25, 0.3) is 0 Å². The SMILES string of the molecule is Cc1nc(CCc2nc3c4cccnc4ccn3c2C)nc2c1CCC2. The molecule has 0 atom stereocenters. The van der Waals surface area contributed by atoms with Crippen molar-refractivity contribution in [3.63, 3.8) is 0 Å². The van der Waals surface area contributed by atoms with E-state index in [1.807, 2.05) is 18.3 Å². The fourth-order valence-electron chi connectivity index (χ4n) is 4.08. The zero-order valence-corrected chi connectivity index (χ0v) is 15.2. The molecular weight excluding hydrogens is 322 g/mol. The van der Waals surface area contributed by atoms with Gasteiger partial charge in [0.2, 0.25) is 0 Å². The van der Waals surface area contributed by atoms with Crippen molar-refractivity contribution in [2.75, 3.05) is 0 Å². The molecule has 0 fully saturated rings. The Balaban J connectivity index is 1.49. The normalized spacial score (nSPS) is 13.6. The molecule has 130 valence electrons.